The van der Waals surface area contributed by atoms with E-state index in [1.54, 1.807) is 20.8 Å². The second kappa shape index (κ2) is 16.5. The zero-order valence-electron chi connectivity index (χ0n) is 29.7. The van der Waals surface area contributed by atoms with Gasteiger partial charge in [-0.1, -0.05) is 108 Å². The molecule has 16 heteroatoms. The fourth-order valence-corrected chi connectivity index (χ4v) is 8.86. The van der Waals surface area contributed by atoms with Gasteiger partial charge in [0.2, 0.25) is 5.60 Å². The molecule has 0 saturated carbocycles. The molecule has 3 N–H and O–H groups in total. The number of oxime groups is 1. The van der Waals surface area contributed by atoms with Crippen molar-refractivity contribution >= 4 is 69.6 Å². The molecule has 4 aromatic rings. The van der Waals surface area contributed by atoms with Crippen molar-refractivity contribution in [3.05, 3.63) is 129 Å². The van der Waals surface area contributed by atoms with Gasteiger partial charge in [0.1, 0.15) is 28.4 Å². The van der Waals surface area contributed by atoms with Crippen LogP contribution in [0.1, 0.15) is 43.2 Å². The molecule has 3 amide bonds. The molecule has 3 aromatic carbocycles. The number of thioether (sulfide) groups is 2. The number of benzene rings is 3. The van der Waals surface area contributed by atoms with E-state index in [1.165, 1.54) is 40.9 Å². The highest BCUT2D eigenvalue weighted by molar-refractivity contribution is 8.06. The van der Waals surface area contributed by atoms with Gasteiger partial charge < -0.3 is 24.7 Å². The van der Waals surface area contributed by atoms with E-state index < -0.39 is 46.5 Å². The molecule has 1 aromatic heterocycles. The summed E-state index contributed by atoms with van der Waals surface area (Å²) in [7, 11) is 1.50. The van der Waals surface area contributed by atoms with Gasteiger partial charge >= 0.3 is 12.1 Å². The highest BCUT2D eigenvalue weighted by Gasteiger charge is 2.54. The quantitative estimate of drug-likeness (QED) is 0.0462. The molecule has 6 rings (SSSR count). The number of nitrogens with one attached hydrogen (secondary N) is 2. The number of carboxylic acid groups (broad SMARTS) is 1. The third kappa shape index (κ3) is 8.16. The topological polar surface area (TPSA) is 169 Å². The van der Waals surface area contributed by atoms with Crippen molar-refractivity contribution in [3.8, 4) is 0 Å². The lowest BCUT2D eigenvalue weighted by Gasteiger charge is -2.49. The number of amides is 3. The van der Waals surface area contributed by atoms with Crippen molar-refractivity contribution in [1.29, 1.82) is 0 Å². The molecule has 0 aliphatic carbocycles. The third-order valence-corrected chi connectivity index (χ3v) is 11.4. The van der Waals surface area contributed by atoms with E-state index in [-0.39, 0.29) is 28.2 Å². The van der Waals surface area contributed by atoms with E-state index in [1.807, 2.05) is 91.0 Å². The predicted molar refractivity (Wildman–Crippen MR) is 208 cm³/mol. The summed E-state index contributed by atoms with van der Waals surface area (Å²) in [5, 5.41) is 20.9. The molecule has 0 radical (unpaired) electrons. The molecule has 0 unspecified atom stereocenters. The van der Waals surface area contributed by atoms with Crippen molar-refractivity contribution in [2.24, 2.45) is 5.16 Å². The van der Waals surface area contributed by atoms with Gasteiger partial charge in [0, 0.05) is 39.8 Å². The normalized spacial score (nSPS) is 17.3. The van der Waals surface area contributed by atoms with Gasteiger partial charge in [0.25, 0.3) is 11.8 Å². The second-order valence-electron chi connectivity index (χ2n) is 13.0. The Kier molecular flexibility index (Phi) is 11.8. The molecule has 1 fully saturated rings. The average molecular weight is 788 g/mol. The van der Waals surface area contributed by atoms with Crippen molar-refractivity contribution in [2.75, 3.05) is 24.1 Å². The Morgan fingerprint density at radius 2 is 1.54 bits per heavy atom. The van der Waals surface area contributed by atoms with Gasteiger partial charge in [-0.15, -0.1) is 23.1 Å². The van der Waals surface area contributed by atoms with E-state index in [0.717, 1.165) is 28.0 Å². The van der Waals surface area contributed by atoms with Crippen LogP contribution in [0.3, 0.4) is 0 Å². The molecule has 280 valence electrons. The zero-order chi connectivity index (χ0) is 38.5. The van der Waals surface area contributed by atoms with E-state index in [4.69, 9.17) is 14.3 Å². The number of thiazole rings is 1. The van der Waals surface area contributed by atoms with Crippen LogP contribution in [-0.4, -0.2) is 80.4 Å². The number of aliphatic carboxylic acids is 1. The van der Waals surface area contributed by atoms with Gasteiger partial charge in [-0.2, -0.15) is 0 Å². The summed E-state index contributed by atoms with van der Waals surface area (Å²) in [6.45, 7) is 5.19. The largest absolute Gasteiger partial charge is 0.477 e. The number of anilines is 1. The van der Waals surface area contributed by atoms with Crippen molar-refractivity contribution in [1.82, 2.24) is 15.2 Å². The molecular formula is C38H37N5O8S3. The predicted octanol–water partition coefficient (Wildman–Crippen LogP) is 6.24. The number of hydrogen-bond donors (Lipinski definition) is 3. The monoisotopic (exact) mass is 787 g/mol. The van der Waals surface area contributed by atoms with Crippen LogP contribution in [0.25, 0.3) is 0 Å². The minimum atomic E-state index is -1.36. The Balaban J connectivity index is 1.39. The lowest BCUT2D eigenvalue weighted by molar-refractivity contribution is -0.150. The number of aromatic nitrogens is 1. The van der Waals surface area contributed by atoms with E-state index in [2.05, 4.69) is 20.8 Å². The summed E-state index contributed by atoms with van der Waals surface area (Å²) in [4.78, 5) is 65.5. The summed E-state index contributed by atoms with van der Waals surface area (Å²) >= 11 is 3.56. The van der Waals surface area contributed by atoms with Crippen LogP contribution < -0.4 is 10.6 Å². The first kappa shape index (κ1) is 38.6. The summed E-state index contributed by atoms with van der Waals surface area (Å²) < 4.78 is 10.5. The number of hydrogen-bond acceptors (Lipinski definition) is 12. The number of carboxylic acids is 1. The number of β-lactam (4-membered cyclic amide) rings is 1. The summed E-state index contributed by atoms with van der Waals surface area (Å²) in [6, 6.07) is 27.2. The molecule has 2 aliphatic heterocycles. The minimum Gasteiger partial charge on any atom is -0.477 e. The second-order valence-corrected chi connectivity index (χ2v) is 15.9. The SMILES string of the molecule is COCSC1=C(C(=O)O)N2C(=O)[C@@H](NC(=O)C(=NOC(c3ccccc3)(c3ccccc3)c3ccccc3)c3csc(NC(=O)OC(C)(C)C)n3)[C@H]2SC1. The lowest BCUT2D eigenvalue weighted by Crippen LogP contribution is -2.71. The number of methoxy groups -OCH3 is 1. The molecule has 54 heavy (non-hydrogen) atoms. The first-order valence-electron chi connectivity index (χ1n) is 16.7. The van der Waals surface area contributed by atoms with Crippen LogP contribution in [0.4, 0.5) is 9.93 Å². The Hall–Kier alpha value is -5.16. The maximum Gasteiger partial charge on any atom is 0.413 e. The number of ether oxygens (including phenoxy) is 2. The lowest BCUT2D eigenvalue weighted by atomic mass is 9.80. The summed E-state index contributed by atoms with van der Waals surface area (Å²) in [5.74, 6) is -2.12. The van der Waals surface area contributed by atoms with Crippen LogP contribution in [0, 0.1) is 0 Å². The van der Waals surface area contributed by atoms with Crippen LogP contribution >= 0.6 is 34.9 Å². The van der Waals surface area contributed by atoms with Gasteiger partial charge in [-0.3, -0.25) is 19.8 Å². The van der Waals surface area contributed by atoms with Crippen molar-refractivity contribution in [2.45, 2.75) is 43.4 Å². The van der Waals surface area contributed by atoms with Gasteiger partial charge in [-0.05, 0) is 20.8 Å². The van der Waals surface area contributed by atoms with Gasteiger partial charge in [0.05, 0.1) is 5.94 Å². The van der Waals surface area contributed by atoms with E-state index in [0.29, 0.717) is 10.7 Å². The number of rotatable bonds is 13. The Labute approximate surface area is 324 Å². The highest BCUT2D eigenvalue weighted by Crippen LogP contribution is 2.44. The van der Waals surface area contributed by atoms with Crippen LogP contribution in [0.15, 0.2) is 112 Å². The molecule has 3 heterocycles. The van der Waals surface area contributed by atoms with Crippen molar-refractivity contribution in [3.63, 3.8) is 0 Å². The fraction of sp³-hybridized carbons (Fsp3) is 0.263. The number of carbonyl (C=O) groups excluding carboxylic acids is 3. The maximum absolute atomic E-state index is 14.3. The first-order chi connectivity index (χ1) is 25.9. The molecule has 1 saturated heterocycles. The Morgan fingerprint density at radius 3 is 2.06 bits per heavy atom. The maximum atomic E-state index is 14.3. The standard InChI is InChI=1S/C38H37N5O8S3/c1-37(2,3)50-36(48)41-35-39-26(20-53-35)28(31(44)40-29-32(45)43-30(34(46)47)27(54-22-49-4)21-52-33(29)43)42-51-38(23-14-8-5-9-15-23,24-16-10-6-11-17-24)25-18-12-7-13-19-25/h5-20,29,33H,21-22H2,1-4H3,(H,40,44)(H,46,47)(H,39,41,48)/t29-,33-/m1/s1. The summed E-state index contributed by atoms with van der Waals surface area (Å²) in [6.07, 6.45) is -0.737. The summed E-state index contributed by atoms with van der Waals surface area (Å²) in [5.41, 5.74) is -0.337. The third-order valence-electron chi connectivity index (χ3n) is 8.16. The van der Waals surface area contributed by atoms with E-state index in [9.17, 15) is 24.3 Å². The Bertz CT molecular complexity index is 1970. The molecule has 0 bridgehead atoms. The fourth-order valence-electron chi connectivity index (χ4n) is 5.87. The Morgan fingerprint density at radius 1 is 0.963 bits per heavy atom. The number of fused-ring (bicyclic) bond motifs is 1. The van der Waals surface area contributed by atoms with Crippen LogP contribution in [-0.2, 0) is 34.3 Å². The van der Waals surface area contributed by atoms with Gasteiger partial charge in [-0.25, -0.2) is 14.6 Å². The van der Waals surface area contributed by atoms with Crippen molar-refractivity contribution < 1.29 is 38.6 Å². The van der Waals surface area contributed by atoms with Crippen LogP contribution in [0.2, 0.25) is 0 Å². The smallest absolute Gasteiger partial charge is 0.413 e. The number of carbonyl (C=O) groups is 4. The molecule has 13 nitrogen and oxygen atoms in total. The number of nitrogens with zero attached hydrogens (tertiary/aromatic N) is 3. The van der Waals surface area contributed by atoms with E-state index >= 15 is 0 Å². The van der Waals surface area contributed by atoms with Gasteiger partial charge in [0.15, 0.2) is 10.8 Å². The highest BCUT2D eigenvalue weighted by atomic mass is 32.2. The molecule has 0 spiro atoms. The minimum absolute atomic E-state index is 0.0518. The molecule has 2 aliphatic rings. The molecular weight excluding hydrogens is 751 g/mol. The van der Waals surface area contributed by atoms with Crippen LogP contribution in [0.5, 0.6) is 0 Å². The average Bonchev–Trinajstić information content (AvgIpc) is 3.62. The first-order valence-corrected chi connectivity index (χ1v) is 19.6. The molecule has 2 atom stereocenters. The zero-order valence-corrected chi connectivity index (χ0v) is 32.1.